The van der Waals surface area contributed by atoms with Gasteiger partial charge in [0.2, 0.25) is 0 Å². The van der Waals surface area contributed by atoms with Gasteiger partial charge in [-0.25, -0.2) is 4.79 Å². The minimum Gasteiger partial charge on any atom is -0.507 e. The van der Waals surface area contributed by atoms with Gasteiger partial charge in [0.05, 0.1) is 6.61 Å². The van der Waals surface area contributed by atoms with Crippen molar-refractivity contribution in [2.75, 3.05) is 19.8 Å². The van der Waals surface area contributed by atoms with Gasteiger partial charge >= 0.3 is 5.97 Å². The average Bonchev–Trinajstić information content (AvgIpc) is 2.45. The van der Waals surface area contributed by atoms with Crippen molar-refractivity contribution in [2.45, 2.75) is 33.0 Å². The van der Waals surface area contributed by atoms with Crippen LogP contribution in [0.4, 0.5) is 0 Å². The van der Waals surface area contributed by atoms with Crippen molar-refractivity contribution in [3.8, 4) is 11.5 Å². The smallest absolute Gasteiger partial charge is 0.341 e. The maximum atomic E-state index is 11.7. The number of aliphatic hydroxyl groups is 1. The molecule has 0 fully saturated rings. The molecule has 1 unspecified atom stereocenters. The number of rotatable bonds is 9. The van der Waals surface area contributed by atoms with Crippen LogP contribution in [0, 0.1) is 0 Å². The molecule has 0 aliphatic heterocycles. The topological polar surface area (TPSA) is 85.2 Å². The van der Waals surface area contributed by atoms with Crippen molar-refractivity contribution in [3.05, 3.63) is 23.8 Å². The minimum absolute atomic E-state index is 0.0619. The SMILES string of the molecule is CCCCOC(=O)c1ccc(OCC(O)OCC)cc1O. The Morgan fingerprint density at radius 3 is 2.71 bits per heavy atom. The summed E-state index contributed by atoms with van der Waals surface area (Å²) in [6.45, 7) is 4.39. The lowest BCUT2D eigenvalue weighted by atomic mass is 10.2. The fourth-order valence-electron chi connectivity index (χ4n) is 1.57. The van der Waals surface area contributed by atoms with E-state index in [1.807, 2.05) is 6.92 Å². The number of phenolic OH excluding ortho intramolecular Hbond substituents is 1. The van der Waals surface area contributed by atoms with Crippen LogP contribution in [0.1, 0.15) is 37.0 Å². The third-order valence-corrected chi connectivity index (χ3v) is 2.67. The molecule has 1 rings (SSSR count). The summed E-state index contributed by atoms with van der Waals surface area (Å²) in [5.41, 5.74) is 0.0869. The molecule has 1 aromatic carbocycles. The summed E-state index contributed by atoms with van der Waals surface area (Å²) < 4.78 is 15.2. The van der Waals surface area contributed by atoms with E-state index in [0.29, 0.717) is 19.0 Å². The molecule has 0 aromatic heterocycles. The second kappa shape index (κ2) is 9.20. The summed E-state index contributed by atoms with van der Waals surface area (Å²) in [5, 5.41) is 19.2. The molecule has 0 radical (unpaired) electrons. The predicted octanol–water partition coefficient (Wildman–Crippen LogP) is 2.08. The Kier molecular flexibility index (Phi) is 7.56. The first-order valence-corrected chi connectivity index (χ1v) is 7.01. The Morgan fingerprint density at radius 1 is 1.33 bits per heavy atom. The van der Waals surface area contributed by atoms with E-state index >= 15 is 0 Å². The average molecular weight is 298 g/mol. The molecule has 21 heavy (non-hydrogen) atoms. The Labute approximate surface area is 124 Å². The molecule has 0 aliphatic carbocycles. The van der Waals surface area contributed by atoms with Crippen LogP contribution in [0.3, 0.4) is 0 Å². The molecule has 0 heterocycles. The summed E-state index contributed by atoms with van der Waals surface area (Å²) in [6, 6.07) is 4.25. The number of hydrogen-bond acceptors (Lipinski definition) is 6. The lowest BCUT2D eigenvalue weighted by Crippen LogP contribution is -2.20. The van der Waals surface area contributed by atoms with Crippen LogP contribution in [-0.2, 0) is 9.47 Å². The van der Waals surface area contributed by atoms with Crippen LogP contribution < -0.4 is 4.74 Å². The Morgan fingerprint density at radius 2 is 2.10 bits per heavy atom. The molecule has 0 bridgehead atoms. The Bertz CT molecular complexity index is 446. The van der Waals surface area contributed by atoms with Crippen LogP contribution in [-0.4, -0.2) is 42.3 Å². The molecule has 1 aromatic rings. The van der Waals surface area contributed by atoms with Gasteiger partial charge in [0.25, 0.3) is 0 Å². The van der Waals surface area contributed by atoms with E-state index in [9.17, 15) is 15.0 Å². The van der Waals surface area contributed by atoms with Crippen LogP contribution >= 0.6 is 0 Å². The van der Waals surface area contributed by atoms with Gasteiger partial charge in [-0.1, -0.05) is 13.3 Å². The van der Waals surface area contributed by atoms with Crippen LogP contribution in [0.5, 0.6) is 11.5 Å². The zero-order chi connectivity index (χ0) is 15.7. The first-order chi connectivity index (χ1) is 10.1. The van der Waals surface area contributed by atoms with Gasteiger partial charge in [-0.2, -0.15) is 0 Å². The van der Waals surface area contributed by atoms with Crippen LogP contribution in [0.15, 0.2) is 18.2 Å². The highest BCUT2D eigenvalue weighted by Crippen LogP contribution is 2.24. The van der Waals surface area contributed by atoms with Gasteiger partial charge in [0, 0.05) is 12.7 Å². The summed E-state index contributed by atoms with van der Waals surface area (Å²) in [5.74, 6) is -0.460. The van der Waals surface area contributed by atoms with Crippen molar-refractivity contribution < 1.29 is 29.2 Å². The van der Waals surface area contributed by atoms with Crippen molar-refractivity contribution in [3.63, 3.8) is 0 Å². The Hall–Kier alpha value is -1.79. The third-order valence-electron chi connectivity index (χ3n) is 2.67. The molecule has 0 spiro atoms. The van der Waals surface area contributed by atoms with Crippen LogP contribution in [0.25, 0.3) is 0 Å². The zero-order valence-corrected chi connectivity index (χ0v) is 12.4. The number of unbranched alkanes of at least 4 members (excludes halogenated alkanes) is 1. The molecular weight excluding hydrogens is 276 g/mol. The van der Waals surface area contributed by atoms with Gasteiger partial charge in [0.1, 0.15) is 23.7 Å². The van der Waals surface area contributed by atoms with E-state index in [1.165, 1.54) is 18.2 Å². The predicted molar refractivity (Wildman–Crippen MR) is 76.4 cm³/mol. The quantitative estimate of drug-likeness (QED) is 0.412. The second-order valence-corrected chi connectivity index (χ2v) is 4.39. The maximum Gasteiger partial charge on any atom is 0.341 e. The highest BCUT2D eigenvalue weighted by molar-refractivity contribution is 5.92. The lowest BCUT2D eigenvalue weighted by Gasteiger charge is -2.13. The fourth-order valence-corrected chi connectivity index (χ4v) is 1.57. The fraction of sp³-hybridized carbons (Fsp3) is 0.533. The summed E-state index contributed by atoms with van der Waals surface area (Å²) >= 11 is 0. The largest absolute Gasteiger partial charge is 0.507 e. The maximum absolute atomic E-state index is 11.7. The first kappa shape index (κ1) is 17.3. The minimum atomic E-state index is -1.03. The number of esters is 1. The number of phenols is 1. The lowest BCUT2D eigenvalue weighted by molar-refractivity contribution is -0.115. The van der Waals surface area contributed by atoms with E-state index in [0.717, 1.165) is 12.8 Å². The zero-order valence-electron chi connectivity index (χ0n) is 12.4. The van der Waals surface area contributed by atoms with Crippen LogP contribution in [0.2, 0.25) is 0 Å². The summed E-state index contributed by atoms with van der Waals surface area (Å²) in [4.78, 5) is 11.7. The normalized spacial score (nSPS) is 12.0. The van der Waals surface area contributed by atoms with E-state index in [4.69, 9.17) is 14.2 Å². The number of carbonyl (C=O) groups excluding carboxylic acids is 1. The summed E-state index contributed by atoms with van der Waals surface area (Å²) in [6.07, 6.45) is 0.674. The molecule has 0 saturated heterocycles. The number of aliphatic hydroxyl groups excluding tert-OH is 1. The molecule has 0 amide bonds. The van der Waals surface area contributed by atoms with E-state index in [2.05, 4.69) is 0 Å². The van der Waals surface area contributed by atoms with Gasteiger partial charge in [-0.05, 0) is 25.5 Å². The number of carbonyl (C=O) groups is 1. The van der Waals surface area contributed by atoms with Gasteiger partial charge in [0.15, 0.2) is 6.29 Å². The van der Waals surface area contributed by atoms with E-state index in [-0.39, 0.29) is 17.9 Å². The monoisotopic (exact) mass is 298 g/mol. The molecular formula is C15H22O6. The van der Waals surface area contributed by atoms with E-state index in [1.54, 1.807) is 6.92 Å². The molecule has 6 heteroatoms. The third kappa shape index (κ3) is 6.01. The molecule has 2 N–H and O–H groups in total. The van der Waals surface area contributed by atoms with Gasteiger partial charge in [-0.3, -0.25) is 0 Å². The highest BCUT2D eigenvalue weighted by atomic mass is 16.6. The second-order valence-electron chi connectivity index (χ2n) is 4.39. The molecule has 118 valence electrons. The van der Waals surface area contributed by atoms with Crippen molar-refractivity contribution in [2.24, 2.45) is 0 Å². The molecule has 1 atom stereocenters. The highest BCUT2D eigenvalue weighted by Gasteiger charge is 2.14. The van der Waals surface area contributed by atoms with Gasteiger partial charge in [-0.15, -0.1) is 0 Å². The van der Waals surface area contributed by atoms with E-state index < -0.39 is 12.3 Å². The molecule has 6 nitrogen and oxygen atoms in total. The Balaban J connectivity index is 2.57. The number of hydrogen-bond donors (Lipinski definition) is 2. The van der Waals surface area contributed by atoms with Crippen molar-refractivity contribution >= 4 is 5.97 Å². The number of ether oxygens (including phenoxy) is 3. The van der Waals surface area contributed by atoms with Gasteiger partial charge < -0.3 is 24.4 Å². The number of aromatic hydroxyl groups is 1. The number of benzene rings is 1. The standard InChI is InChI=1S/C15H22O6/c1-3-5-8-20-15(18)12-7-6-11(9-13(12)16)21-10-14(17)19-4-2/h6-7,9,14,16-17H,3-5,8,10H2,1-2H3. The summed E-state index contributed by atoms with van der Waals surface area (Å²) in [7, 11) is 0. The molecule has 0 aliphatic rings. The molecule has 0 saturated carbocycles. The van der Waals surface area contributed by atoms with Crippen molar-refractivity contribution in [1.29, 1.82) is 0 Å². The first-order valence-electron chi connectivity index (χ1n) is 7.01. The van der Waals surface area contributed by atoms with Crippen molar-refractivity contribution in [1.82, 2.24) is 0 Å².